The zero-order valence-corrected chi connectivity index (χ0v) is 16.0. The van der Waals surface area contributed by atoms with E-state index in [1.54, 1.807) is 12.2 Å². The number of carbonyl (C=O) groups is 1. The van der Waals surface area contributed by atoms with Crippen LogP contribution < -0.4 is 0 Å². The average Bonchev–Trinajstić information content (AvgIpc) is 2.67. The molecule has 0 saturated carbocycles. The zero-order chi connectivity index (χ0) is 20.0. The van der Waals surface area contributed by atoms with Crippen LogP contribution in [0.1, 0.15) is 39.0 Å². The Morgan fingerprint density at radius 3 is 2.26 bits per heavy atom. The van der Waals surface area contributed by atoms with Crippen molar-refractivity contribution >= 4 is 6.47 Å². The van der Waals surface area contributed by atoms with Crippen LogP contribution in [0, 0.1) is 0 Å². The summed E-state index contributed by atoms with van der Waals surface area (Å²) in [5.41, 5.74) is 0. The lowest BCUT2D eigenvalue weighted by molar-refractivity contribution is -0.264. The van der Waals surface area contributed by atoms with Crippen LogP contribution in [0.25, 0.3) is 0 Å². The second kappa shape index (κ2) is 20.1. The molecule has 5 nitrogen and oxygen atoms in total. The van der Waals surface area contributed by atoms with Gasteiger partial charge in [-0.2, -0.15) is 0 Å². The molecule has 0 aromatic heterocycles. The molecule has 0 aromatic carbocycles. The quantitative estimate of drug-likeness (QED) is 0.102. The van der Waals surface area contributed by atoms with E-state index in [1.165, 1.54) is 0 Å². The number of rotatable bonds is 16. The van der Waals surface area contributed by atoms with E-state index in [4.69, 9.17) is 5.26 Å². The van der Waals surface area contributed by atoms with Crippen molar-refractivity contribution in [1.82, 2.24) is 0 Å². The van der Waals surface area contributed by atoms with Crippen LogP contribution in [0.4, 0.5) is 0 Å². The van der Waals surface area contributed by atoms with Crippen molar-refractivity contribution in [1.29, 1.82) is 0 Å². The van der Waals surface area contributed by atoms with Crippen LogP contribution in [-0.2, 0) is 14.4 Å². The Kier molecular flexibility index (Phi) is 18.5. The first-order valence-corrected chi connectivity index (χ1v) is 9.24. The molecule has 2 atom stereocenters. The summed E-state index contributed by atoms with van der Waals surface area (Å²) in [6.07, 6.45) is 25.4. The highest BCUT2D eigenvalue weighted by molar-refractivity contribution is 5.36. The second-order valence-electron chi connectivity index (χ2n) is 5.65. The minimum atomic E-state index is -0.446. The predicted molar refractivity (Wildman–Crippen MR) is 109 cm³/mol. The number of aliphatic hydroxyl groups excluding tert-OH is 1. The second-order valence-corrected chi connectivity index (χ2v) is 5.65. The molecular weight excluding hydrogens is 344 g/mol. The summed E-state index contributed by atoms with van der Waals surface area (Å²) in [7, 11) is 0. The SMILES string of the molecule is CC/C=C\C[C@@H](O)/C=C/C=C\C/C=C\C=C\[C@@H](C/C=C\CCOC=O)OO. The maximum atomic E-state index is 9.97. The Balaban J connectivity index is 3.97. The largest absolute Gasteiger partial charge is 0.468 e. The minimum absolute atomic E-state index is 0.348. The number of aliphatic hydroxyl groups is 1. The molecule has 0 amide bonds. The van der Waals surface area contributed by atoms with Gasteiger partial charge in [-0.15, -0.1) is 0 Å². The number of allylic oxidation sites excluding steroid dienone is 7. The molecule has 0 fully saturated rings. The highest BCUT2D eigenvalue weighted by Crippen LogP contribution is 2.02. The molecular formula is C22H32O5. The Hall–Kier alpha value is -2.21. The first-order chi connectivity index (χ1) is 13.2. The Bertz CT molecular complexity index is 515. The van der Waals surface area contributed by atoms with Gasteiger partial charge in [0.2, 0.25) is 0 Å². The monoisotopic (exact) mass is 376 g/mol. The van der Waals surface area contributed by atoms with Gasteiger partial charge in [0, 0.05) is 0 Å². The summed E-state index contributed by atoms with van der Waals surface area (Å²) in [6.45, 7) is 2.83. The lowest BCUT2D eigenvalue weighted by Gasteiger charge is -2.04. The molecule has 27 heavy (non-hydrogen) atoms. The lowest BCUT2D eigenvalue weighted by atomic mass is 10.2. The van der Waals surface area contributed by atoms with Crippen LogP contribution >= 0.6 is 0 Å². The van der Waals surface area contributed by atoms with E-state index in [0.29, 0.717) is 32.3 Å². The van der Waals surface area contributed by atoms with Gasteiger partial charge in [-0.1, -0.05) is 79.8 Å². The van der Waals surface area contributed by atoms with Gasteiger partial charge < -0.3 is 9.84 Å². The van der Waals surface area contributed by atoms with E-state index in [0.717, 1.165) is 12.8 Å². The van der Waals surface area contributed by atoms with Crippen LogP contribution in [0.5, 0.6) is 0 Å². The molecule has 150 valence electrons. The van der Waals surface area contributed by atoms with E-state index >= 15 is 0 Å². The molecule has 0 rings (SSSR count). The van der Waals surface area contributed by atoms with Crippen molar-refractivity contribution in [3.63, 3.8) is 0 Å². The van der Waals surface area contributed by atoms with Crippen molar-refractivity contribution < 1.29 is 24.8 Å². The zero-order valence-electron chi connectivity index (χ0n) is 16.0. The van der Waals surface area contributed by atoms with E-state index in [1.807, 2.05) is 60.8 Å². The molecule has 0 saturated heterocycles. The molecule has 0 aliphatic carbocycles. The smallest absolute Gasteiger partial charge is 0.293 e. The van der Waals surface area contributed by atoms with Crippen molar-refractivity contribution in [2.75, 3.05) is 6.61 Å². The van der Waals surface area contributed by atoms with Crippen LogP contribution in [-0.4, -0.2) is 35.7 Å². The number of hydrogen-bond acceptors (Lipinski definition) is 5. The molecule has 0 aliphatic heterocycles. The maximum Gasteiger partial charge on any atom is 0.293 e. The lowest BCUT2D eigenvalue weighted by Crippen LogP contribution is -2.05. The molecule has 0 aliphatic rings. The predicted octanol–water partition coefficient (Wildman–Crippen LogP) is 4.69. The highest BCUT2D eigenvalue weighted by atomic mass is 17.1. The molecule has 0 bridgehead atoms. The van der Waals surface area contributed by atoms with Crippen LogP contribution in [0.3, 0.4) is 0 Å². The van der Waals surface area contributed by atoms with Gasteiger partial charge in [0.05, 0.1) is 12.7 Å². The van der Waals surface area contributed by atoms with Gasteiger partial charge in [-0.25, -0.2) is 4.89 Å². The van der Waals surface area contributed by atoms with Crippen molar-refractivity contribution in [2.24, 2.45) is 0 Å². The van der Waals surface area contributed by atoms with Crippen molar-refractivity contribution in [3.8, 4) is 0 Å². The van der Waals surface area contributed by atoms with E-state index < -0.39 is 12.2 Å². The van der Waals surface area contributed by atoms with Gasteiger partial charge in [0.25, 0.3) is 6.47 Å². The van der Waals surface area contributed by atoms with Crippen molar-refractivity contribution in [2.45, 2.75) is 51.2 Å². The van der Waals surface area contributed by atoms with E-state index in [9.17, 15) is 9.90 Å². The van der Waals surface area contributed by atoms with Gasteiger partial charge in [-0.05, 0) is 32.1 Å². The summed E-state index contributed by atoms with van der Waals surface area (Å²) in [5, 5.41) is 18.5. The first-order valence-electron chi connectivity index (χ1n) is 9.24. The van der Waals surface area contributed by atoms with Crippen LogP contribution in [0.2, 0.25) is 0 Å². The Labute approximate surface area is 162 Å². The molecule has 2 N–H and O–H groups in total. The summed E-state index contributed by atoms with van der Waals surface area (Å²) in [6, 6.07) is 0. The maximum absolute atomic E-state index is 9.97. The van der Waals surface area contributed by atoms with Gasteiger partial charge >= 0.3 is 0 Å². The van der Waals surface area contributed by atoms with Crippen molar-refractivity contribution in [3.05, 3.63) is 72.9 Å². The molecule has 0 unspecified atom stereocenters. The average molecular weight is 376 g/mol. The number of carbonyl (C=O) groups excluding carboxylic acids is 1. The summed E-state index contributed by atoms with van der Waals surface area (Å²) in [5.74, 6) is 0. The fraction of sp³-hybridized carbons (Fsp3) is 0.409. The fourth-order valence-electron chi connectivity index (χ4n) is 1.94. The molecule has 0 aromatic rings. The fourth-order valence-corrected chi connectivity index (χ4v) is 1.94. The third-order valence-electron chi connectivity index (χ3n) is 3.35. The van der Waals surface area contributed by atoms with Gasteiger partial charge in [-0.3, -0.25) is 10.1 Å². The number of hydrogen-bond donors (Lipinski definition) is 2. The summed E-state index contributed by atoms with van der Waals surface area (Å²) < 4.78 is 4.56. The van der Waals surface area contributed by atoms with Gasteiger partial charge in [0.1, 0.15) is 6.10 Å². The first kappa shape index (κ1) is 24.8. The van der Waals surface area contributed by atoms with E-state index in [-0.39, 0.29) is 0 Å². The minimum Gasteiger partial charge on any atom is -0.468 e. The topological polar surface area (TPSA) is 76.0 Å². The van der Waals surface area contributed by atoms with E-state index in [2.05, 4.69) is 16.5 Å². The normalized spacial score (nSPS) is 15.2. The summed E-state index contributed by atoms with van der Waals surface area (Å²) in [4.78, 5) is 14.4. The molecule has 0 heterocycles. The number of ether oxygens (including phenoxy) is 1. The Morgan fingerprint density at radius 2 is 1.59 bits per heavy atom. The highest BCUT2D eigenvalue weighted by Gasteiger charge is 1.99. The molecule has 0 radical (unpaired) electrons. The third-order valence-corrected chi connectivity index (χ3v) is 3.35. The van der Waals surface area contributed by atoms with Gasteiger partial charge in [0.15, 0.2) is 0 Å². The Morgan fingerprint density at radius 1 is 0.889 bits per heavy atom. The third kappa shape index (κ3) is 18.4. The summed E-state index contributed by atoms with van der Waals surface area (Å²) >= 11 is 0. The van der Waals surface area contributed by atoms with Crippen LogP contribution in [0.15, 0.2) is 72.9 Å². The molecule has 5 heteroatoms. The molecule has 0 spiro atoms. The standard InChI is InChI=1S/C22H32O5/c1-2-3-10-15-21(24)16-11-7-5-4-6-8-12-17-22(27-25)18-13-9-14-19-26-20-23/h3,5-13,16-17,20-22,24-25H,2,4,14-15,18-19H2,1H3/b7-5-,8-6-,10-3-,13-9-,16-11+,17-12+/t21-,22+/m1/s1.